The van der Waals surface area contributed by atoms with Crippen molar-refractivity contribution in [3.63, 3.8) is 0 Å². The lowest BCUT2D eigenvalue weighted by molar-refractivity contribution is -0.133. The van der Waals surface area contributed by atoms with Gasteiger partial charge in [-0.25, -0.2) is 8.78 Å². The van der Waals surface area contributed by atoms with Gasteiger partial charge in [-0.1, -0.05) is 30.3 Å². The Balaban J connectivity index is 1.48. The van der Waals surface area contributed by atoms with Gasteiger partial charge in [-0.15, -0.1) is 0 Å². The van der Waals surface area contributed by atoms with E-state index in [0.717, 1.165) is 18.4 Å². The first-order chi connectivity index (χ1) is 11.6. The van der Waals surface area contributed by atoms with Gasteiger partial charge in [0.2, 0.25) is 5.91 Å². The summed E-state index contributed by atoms with van der Waals surface area (Å²) in [6.45, 7) is 0.504. The van der Waals surface area contributed by atoms with Gasteiger partial charge in [-0.3, -0.25) is 4.79 Å². The molecule has 0 heterocycles. The monoisotopic (exact) mass is 327 g/mol. The SMILES string of the molecule is O=C(C1CC1c1ccccc1F)N(Cc1ccc(F)cc1)C1CC1. The lowest BCUT2D eigenvalue weighted by Crippen LogP contribution is -2.34. The Morgan fingerprint density at radius 3 is 2.42 bits per heavy atom. The molecule has 24 heavy (non-hydrogen) atoms. The first-order valence-corrected chi connectivity index (χ1v) is 8.43. The van der Waals surface area contributed by atoms with Crippen LogP contribution in [0.1, 0.15) is 36.3 Å². The number of amides is 1. The van der Waals surface area contributed by atoms with E-state index in [0.29, 0.717) is 18.5 Å². The lowest BCUT2D eigenvalue weighted by Gasteiger charge is -2.23. The van der Waals surface area contributed by atoms with Gasteiger partial charge in [0, 0.05) is 18.5 Å². The molecule has 2 atom stereocenters. The summed E-state index contributed by atoms with van der Waals surface area (Å²) >= 11 is 0. The summed E-state index contributed by atoms with van der Waals surface area (Å²) in [5, 5.41) is 0. The molecule has 124 valence electrons. The van der Waals surface area contributed by atoms with Crippen LogP contribution in [0.3, 0.4) is 0 Å². The summed E-state index contributed by atoms with van der Waals surface area (Å²) < 4.78 is 27.0. The van der Waals surface area contributed by atoms with Crippen molar-refractivity contribution in [2.24, 2.45) is 5.92 Å². The normalized spacial score (nSPS) is 22.2. The third-order valence-electron chi connectivity index (χ3n) is 4.95. The zero-order valence-corrected chi connectivity index (χ0v) is 13.3. The Hall–Kier alpha value is -2.23. The second-order valence-corrected chi connectivity index (χ2v) is 6.79. The summed E-state index contributed by atoms with van der Waals surface area (Å²) in [7, 11) is 0. The zero-order valence-electron chi connectivity index (χ0n) is 13.3. The molecule has 0 radical (unpaired) electrons. The number of hydrogen-bond acceptors (Lipinski definition) is 1. The fourth-order valence-electron chi connectivity index (χ4n) is 3.36. The number of halogens is 2. The molecule has 0 aromatic heterocycles. The predicted octanol–water partition coefficient (Wildman–Crippen LogP) is 4.26. The van der Waals surface area contributed by atoms with Crippen molar-refractivity contribution >= 4 is 5.91 Å². The molecule has 2 unspecified atom stereocenters. The van der Waals surface area contributed by atoms with Gasteiger partial charge >= 0.3 is 0 Å². The first kappa shape index (κ1) is 15.3. The molecule has 0 N–H and O–H groups in total. The van der Waals surface area contributed by atoms with E-state index in [2.05, 4.69) is 0 Å². The number of nitrogens with zero attached hydrogens (tertiary/aromatic N) is 1. The minimum Gasteiger partial charge on any atom is -0.335 e. The molecule has 2 saturated carbocycles. The molecule has 2 aromatic carbocycles. The summed E-state index contributed by atoms with van der Waals surface area (Å²) in [6, 6.07) is 13.3. The van der Waals surface area contributed by atoms with E-state index in [-0.39, 0.29) is 35.4 Å². The predicted molar refractivity (Wildman–Crippen MR) is 87.2 cm³/mol. The number of rotatable bonds is 5. The van der Waals surface area contributed by atoms with Crippen LogP contribution in [0.2, 0.25) is 0 Å². The molecule has 2 aliphatic carbocycles. The van der Waals surface area contributed by atoms with Gasteiger partial charge in [0.25, 0.3) is 0 Å². The van der Waals surface area contributed by atoms with Gasteiger partial charge in [0.1, 0.15) is 11.6 Å². The summed E-state index contributed by atoms with van der Waals surface area (Å²) in [4.78, 5) is 14.8. The number of benzene rings is 2. The molecular weight excluding hydrogens is 308 g/mol. The highest BCUT2D eigenvalue weighted by Crippen LogP contribution is 2.50. The van der Waals surface area contributed by atoms with Crippen molar-refractivity contribution < 1.29 is 13.6 Å². The quantitative estimate of drug-likeness (QED) is 0.803. The van der Waals surface area contributed by atoms with Crippen LogP contribution in [0.4, 0.5) is 8.78 Å². The van der Waals surface area contributed by atoms with Crippen molar-refractivity contribution in [1.82, 2.24) is 4.90 Å². The van der Waals surface area contributed by atoms with Crippen LogP contribution in [0, 0.1) is 17.6 Å². The van der Waals surface area contributed by atoms with Gasteiger partial charge in [-0.05, 0) is 54.5 Å². The summed E-state index contributed by atoms with van der Waals surface area (Å²) in [6.07, 6.45) is 2.75. The van der Waals surface area contributed by atoms with Crippen LogP contribution < -0.4 is 0 Å². The van der Waals surface area contributed by atoms with Gasteiger partial charge in [0.15, 0.2) is 0 Å². The van der Waals surface area contributed by atoms with E-state index in [4.69, 9.17) is 0 Å². The molecule has 4 rings (SSSR count). The van der Waals surface area contributed by atoms with Crippen molar-refractivity contribution in [2.75, 3.05) is 0 Å². The average molecular weight is 327 g/mol. The molecule has 0 spiro atoms. The van der Waals surface area contributed by atoms with Crippen molar-refractivity contribution in [3.8, 4) is 0 Å². The molecule has 2 aliphatic rings. The maximum atomic E-state index is 13.9. The van der Waals surface area contributed by atoms with Crippen LogP contribution in [0.15, 0.2) is 48.5 Å². The Morgan fingerprint density at radius 1 is 1.04 bits per heavy atom. The standard InChI is InChI=1S/C20H19F2NO/c21-14-7-5-13(6-8-14)12-23(15-9-10-15)20(24)18-11-17(18)16-3-1-2-4-19(16)22/h1-8,15,17-18H,9-12H2. The number of carbonyl (C=O) groups excluding carboxylic acids is 1. The van der Waals surface area contributed by atoms with Crippen molar-refractivity contribution in [1.29, 1.82) is 0 Å². The minimum absolute atomic E-state index is 0.00633. The largest absolute Gasteiger partial charge is 0.335 e. The van der Waals surface area contributed by atoms with E-state index in [1.165, 1.54) is 18.2 Å². The zero-order chi connectivity index (χ0) is 16.7. The smallest absolute Gasteiger partial charge is 0.226 e. The third kappa shape index (κ3) is 3.05. The number of hydrogen-bond donors (Lipinski definition) is 0. The van der Waals surface area contributed by atoms with E-state index in [9.17, 15) is 13.6 Å². The van der Waals surface area contributed by atoms with Crippen molar-refractivity contribution in [3.05, 3.63) is 71.3 Å². The maximum Gasteiger partial charge on any atom is 0.226 e. The molecule has 2 fully saturated rings. The highest BCUT2D eigenvalue weighted by molar-refractivity contribution is 5.83. The second-order valence-electron chi connectivity index (χ2n) is 6.79. The van der Waals surface area contributed by atoms with Crippen LogP contribution in [0.5, 0.6) is 0 Å². The first-order valence-electron chi connectivity index (χ1n) is 8.43. The molecule has 4 heteroatoms. The highest BCUT2D eigenvalue weighted by atomic mass is 19.1. The molecule has 2 nitrogen and oxygen atoms in total. The molecular formula is C20H19F2NO. The number of carbonyl (C=O) groups is 1. The topological polar surface area (TPSA) is 20.3 Å². The average Bonchev–Trinajstić information content (AvgIpc) is 3.47. The Kier molecular flexibility index (Phi) is 3.83. The van der Waals surface area contributed by atoms with Crippen LogP contribution in [-0.2, 0) is 11.3 Å². The van der Waals surface area contributed by atoms with Gasteiger partial charge < -0.3 is 4.90 Å². The van der Waals surface area contributed by atoms with Crippen LogP contribution in [0.25, 0.3) is 0 Å². The molecule has 0 aliphatic heterocycles. The Morgan fingerprint density at radius 2 is 1.75 bits per heavy atom. The second kappa shape index (κ2) is 6.00. The van der Waals surface area contributed by atoms with E-state index >= 15 is 0 Å². The fraction of sp³-hybridized carbons (Fsp3) is 0.350. The van der Waals surface area contributed by atoms with Gasteiger partial charge in [0.05, 0.1) is 0 Å². The van der Waals surface area contributed by atoms with Crippen molar-refractivity contribution in [2.45, 2.75) is 37.8 Å². The molecule has 1 amide bonds. The van der Waals surface area contributed by atoms with Crippen LogP contribution >= 0.6 is 0 Å². The molecule has 0 bridgehead atoms. The molecule has 2 aromatic rings. The van der Waals surface area contributed by atoms with E-state index in [1.54, 1.807) is 24.3 Å². The van der Waals surface area contributed by atoms with Gasteiger partial charge in [-0.2, -0.15) is 0 Å². The lowest BCUT2D eigenvalue weighted by atomic mass is 10.1. The maximum absolute atomic E-state index is 13.9. The molecule has 0 saturated heterocycles. The van der Waals surface area contributed by atoms with E-state index in [1.807, 2.05) is 11.0 Å². The summed E-state index contributed by atoms with van der Waals surface area (Å²) in [5.41, 5.74) is 1.58. The third-order valence-corrected chi connectivity index (χ3v) is 4.95. The fourth-order valence-corrected chi connectivity index (χ4v) is 3.36. The minimum atomic E-state index is -0.273. The Labute approximate surface area is 140 Å². The Bertz CT molecular complexity index is 754. The van der Waals surface area contributed by atoms with E-state index < -0.39 is 0 Å². The highest BCUT2D eigenvalue weighted by Gasteiger charge is 2.49. The summed E-state index contributed by atoms with van der Waals surface area (Å²) in [5.74, 6) is -0.523. The van der Waals surface area contributed by atoms with Crippen LogP contribution in [-0.4, -0.2) is 16.8 Å².